The highest BCUT2D eigenvalue weighted by Crippen LogP contribution is 2.32. The van der Waals surface area contributed by atoms with Gasteiger partial charge >= 0.3 is 6.18 Å². The molecule has 0 bridgehead atoms. The van der Waals surface area contributed by atoms with Gasteiger partial charge in [-0.05, 0) is 36.4 Å². The molecule has 0 N–H and O–H groups in total. The molecule has 1 fully saturated rings. The highest BCUT2D eigenvalue weighted by Gasteiger charge is 2.33. The number of sulfonamides is 1. The zero-order chi connectivity index (χ0) is 25.1. The van der Waals surface area contributed by atoms with Crippen molar-refractivity contribution in [2.24, 2.45) is 0 Å². The highest BCUT2D eigenvalue weighted by atomic mass is 32.2. The van der Waals surface area contributed by atoms with Crippen molar-refractivity contribution in [1.82, 2.24) is 9.21 Å². The quantitative estimate of drug-likeness (QED) is 0.543. The minimum Gasteiger partial charge on any atom is -0.495 e. The van der Waals surface area contributed by atoms with Crippen molar-refractivity contribution in [2.45, 2.75) is 18.0 Å². The third kappa shape index (κ3) is 5.61. The molecule has 34 heavy (non-hydrogen) atoms. The summed E-state index contributed by atoms with van der Waals surface area (Å²) in [4.78, 5) is 15.7. The summed E-state index contributed by atoms with van der Waals surface area (Å²) in [6.07, 6.45) is -4.45. The summed E-state index contributed by atoms with van der Waals surface area (Å²) < 4.78 is 84.8. The van der Waals surface area contributed by atoms with E-state index in [0.29, 0.717) is 18.8 Å². The van der Waals surface area contributed by atoms with Crippen LogP contribution in [0.2, 0.25) is 0 Å². The molecule has 2 aromatic carbocycles. The van der Waals surface area contributed by atoms with Crippen LogP contribution in [0.15, 0.2) is 47.4 Å². The zero-order valence-corrected chi connectivity index (χ0v) is 19.5. The van der Waals surface area contributed by atoms with Gasteiger partial charge in [-0.3, -0.25) is 4.79 Å². The van der Waals surface area contributed by atoms with Gasteiger partial charge in [-0.1, -0.05) is 13.0 Å². The Bertz CT molecular complexity index is 1130. The van der Waals surface area contributed by atoms with Gasteiger partial charge in [0.05, 0.1) is 19.2 Å². The highest BCUT2D eigenvalue weighted by molar-refractivity contribution is 7.89. The van der Waals surface area contributed by atoms with Crippen molar-refractivity contribution in [3.05, 3.63) is 53.8 Å². The third-order valence-corrected chi connectivity index (χ3v) is 7.52. The van der Waals surface area contributed by atoms with Crippen molar-refractivity contribution >= 4 is 21.6 Å². The SMILES string of the molecule is CCN(CC(=O)N1CCN(c2cccc(C(F)(F)F)c2)CC1)S(=O)(=O)c1cc(F)ccc1OC. The second-order valence-corrected chi connectivity index (χ2v) is 9.55. The maximum absolute atomic E-state index is 13.7. The lowest BCUT2D eigenvalue weighted by atomic mass is 10.1. The van der Waals surface area contributed by atoms with Crippen LogP contribution in [0.5, 0.6) is 5.75 Å². The van der Waals surface area contributed by atoms with Gasteiger partial charge in [-0.25, -0.2) is 12.8 Å². The number of anilines is 1. The molecule has 1 heterocycles. The summed E-state index contributed by atoms with van der Waals surface area (Å²) in [6.45, 7) is 2.10. The fourth-order valence-corrected chi connectivity index (χ4v) is 5.27. The van der Waals surface area contributed by atoms with Crippen molar-refractivity contribution in [3.63, 3.8) is 0 Å². The minimum absolute atomic E-state index is 0.0298. The van der Waals surface area contributed by atoms with Crippen LogP contribution in [0.4, 0.5) is 23.2 Å². The molecule has 7 nitrogen and oxygen atoms in total. The molecule has 2 aromatic rings. The van der Waals surface area contributed by atoms with Gasteiger partial charge in [-0.15, -0.1) is 0 Å². The Hall–Kier alpha value is -2.86. The van der Waals surface area contributed by atoms with Gasteiger partial charge < -0.3 is 14.5 Å². The summed E-state index contributed by atoms with van der Waals surface area (Å²) in [5.74, 6) is -1.25. The number of hydrogen-bond donors (Lipinski definition) is 0. The van der Waals surface area contributed by atoms with Gasteiger partial charge in [0.15, 0.2) is 0 Å². The Kier molecular flexibility index (Phi) is 7.71. The number of piperazine rings is 1. The van der Waals surface area contributed by atoms with Crippen LogP contribution in [-0.4, -0.2) is 69.9 Å². The largest absolute Gasteiger partial charge is 0.495 e. The lowest BCUT2D eigenvalue weighted by molar-refractivity contribution is -0.137. The summed E-state index contributed by atoms with van der Waals surface area (Å²) in [5, 5.41) is 0. The first kappa shape index (κ1) is 25.8. The Morgan fingerprint density at radius 3 is 2.35 bits per heavy atom. The molecule has 0 unspecified atom stereocenters. The van der Waals surface area contributed by atoms with E-state index in [1.807, 2.05) is 0 Å². The van der Waals surface area contributed by atoms with Crippen LogP contribution in [0.3, 0.4) is 0 Å². The van der Waals surface area contributed by atoms with Crippen molar-refractivity contribution in [2.75, 3.05) is 51.3 Å². The van der Waals surface area contributed by atoms with Crippen molar-refractivity contribution in [3.8, 4) is 5.75 Å². The van der Waals surface area contributed by atoms with E-state index >= 15 is 0 Å². The fraction of sp³-hybridized carbons (Fsp3) is 0.409. The lowest BCUT2D eigenvalue weighted by Gasteiger charge is -2.37. The number of benzene rings is 2. The van der Waals surface area contributed by atoms with Gasteiger partial charge in [0.1, 0.15) is 16.5 Å². The van der Waals surface area contributed by atoms with Crippen LogP contribution in [0.1, 0.15) is 12.5 Å². The molecule has 0 spiro atoms. The number of methoxy groups -OCH3 is 1. The molecule has 3 rings (SSSR count). The first-order valence-corrected chi connectivity index (χ1v) is 11.9. The number of ether oxygens (including phenoxy) is 1. The second kappa shape index (κ2) is 10.2. The number of alkyl halides is 3. The molecule has 1 aliphatic rings. The average Bonchev–Trinajstić information content (AvgIpc) is 2.81. The topological polar surface area (TPSA) is 70.2 Å². The number of nitrogens with zero attached hydrogens (tertiary/aromatic N) is 3. The van der Waals surface area contributed by atoms with Crippen molar-refractivity contribution in [1.29, 1.82) is 0 Å². The Balaban J connectivity index is 1.68. The first-order valence-electron chi connectivity index (χ1n) is 10.5. The number of carbonyl (C=O) groups is 1. The molecule has 0 aliphatic carbocycles. The Morgan fingerprint density at radius 1 is 1.09 bits per heavy atom. The Labute approximate surface area is 195 Å². The van der Waals surface area contributed by atoms with E-state index in [2.05, 4.69) is 0 Å². The number of hydrogen-bond acceptors (Lipinski definition) is 5. The van der Waals surface area contributed by atoms with Gasteiger partial charge in [0.2, 0.25) is 15.9 Å². The van der Waals surface area contributed by atoms with Gasteiger partial charge in [-0.2, -0.15) is 17.5 Å². The van der Waals surface area contributed by atoms with E-state index < -0.39 is 40.0 Å². The molecule has 0 radical (unpaired) electrons. The van der Waals surface area contributed by atoms with E-state index in [1.165, 1.54) is 24.1 Å². The summed E-state index contributed by atoms with van der Waals surface area (Å²) in [5.41, 5.74) is -0.349. The monoisotopic (exact) mass is 503 g/mol. The molecular weight excluding hydrogens is 478 g/mol. The summed E-state index contributed by atoms with van der Waals surface area (Å²) in [6, 6.07) is 8.08. The van der Waals surface area contributed by atoms with Crippen molar-refractivity contribution < 1.29 is 35.5 Å². The van der Waals surface area contributed by atoms with E-state index in [-0.39, 0.29) is 30.3 Å². The van der Waals surface area contributed by atoms with Gasteiger partial charge in [0, 0.05) is 38.4 Å². The minimum atomic E-state index is -4.45. The normalized spacial score (nSPS) is 15.0. The number of halogens is 4. The molecule has 12 heteroatoms. The first-order chi connectivity index (χ1) is 16.0. The third-order valence-electron chi connectivity index (χ3n) is 5.58. The standard InChI is InChI=1S/C22H25F4N3O4S/c1-3-29(34(31,32)20-14-17(23)7-8-19(20)33-2)15-21(30)28-11-9-27(10-12-28)18-6-4-5-16(13-18)22(24,25)26/h4-8,13-14H,3,9-12,15H2,1-2H3. The number of rotatable bonds is 7. The molecule has 1 amide bonds. The number of likely N-dealkylation sites (N-methyl/N-ethyl adjacent to an activating group) is 1. The predicted octanol–water partition coefficient (Wildman–Crippen LogP) is 3.21. The fourth-order valence-electron chi connectivity index (χ4n) is 3.70. The van der Waals surface area contributed by atoms with Crippen LogP contribution in [-0.2, 0) is 21.0 Å². The second-order valence-electron chi connectivity index (χ2n) is 7.64. The Morgan fingerprint density at radius 2 is 1.76 bits per heavy atom. The van der Waals surface area contributed by atoms with E-state index in [9.17, 15) is 30.8 Å². The van der Waals surface area contributed by atoms with Crippen LogP contribution in [0.25, 0.3) is 0 Å². The lowest BCUT2D eigenvalue weighted by Crippen LogP contribution is -2.51. The molecule has 1 saturated heterocycles. The van der Waals surface area contributed by atoms with Crippen LogP contribution < -0.4 is 9.64 Å². The molecule has 186 valence electrons. The van der Waals surface area contributed by atoms with Crippen LogP contribution >= 0.6 is 0 Å². The summed E-state index contributed by atoms with van der Waals surface area (Å²) >= 11 is 0. The molecule has 0 aromatic heterocycles. The number of amides is 1. The van der Waals surface area contributed by atoms with E-state index in [1.54, 1.807) is 17.9 Å². The van der Waals surface area contributed by atoms with Gasteiger partial charge in [0.25, 0.3) is 0 Å². The number of carbonyl (C=O) groups excluding carboxylic acids is 1. The molecular formula is C22H25F4N3O4S. The zero-order valence-electron chi connectivity index (χ0n) is 18.7. The molecule has 0 atom stereocenters. The summed E-state index contributed by atoms with van der Waals surface area (Å²) in [7, 11) is -2.96. The average molecular weight is 504 g/mol. The maximum Gasteiger partial charge on any atom is 0.416 e. The smallest absolute Gasteiger partial charge is 0.416 e. The molecule has 1 aliphatic heterocycles. The van der Waals surface area contributed by atoms with E-state index in [0.717, 1.165) is 28.6 Å². The predicted molar refractivity (Wildman–Crippen MR) is 118 cm³/mol. The maximum atomic E-state index is 13.7. The van der Waals surface area contributed by atoms with Crippen LogP contribution in [0, 0.1) is 5.82 Å². The van der Waals surface area contributed by atoms with E-state index in [4.69, 9.17) is 4.74 Å². The molecule has 0 saturated carbocycles.